The van der Waals surface area contributed by atoms with Crippen molar-refractivity contribution in [3.63, 3.8) is 0 Å². The third-order valence-corrected chi connectivity index (χ3v) is 5.77. The maximum absolute atomic E-state index is 12.7. The number of imide groups is 1. The molecular formula is C17H22N2O7S. The minimum absolute atomic E-state index is 0.00276. The molecule has 27 heavy (non-hydrogen) atoms. The van der Waals surface area contributed by atoms with Crippen molar-refractivity contribution in [2.24, 2.45) is 0 Å². The number of carbonyl (C=O) groups is 3. The Morgan fingerprint density at radius 2 is 1.81 bits per heavy atom. The fourth-order valence-electron chi connectivity index (χ4n) is 2.57. The van der Waals surface area contributed by atoms with E-state index in [2.05, 4.69) is 4.74 Å². The number of nitrogens with zero attached hydrogens (tertiary/aromatic N) is 1. The average molecular weight is 398 g/mol. The van der Waals surface area contributed by atoms with Gasteiger partial charge in [-0.2, -0.15) is 4.31 Å². The number of benzene rings is 1. The van der Waals surface area contributed by atoms with E-state index in [0.29, 0.717) is 13.1 Å². The Kier molecular flexibility index (Phi) is 7.31. The monoisotopic (exact) mass is 398 g/mol. The zero-order valence-corrected chi connectivity index (χ0v) is 15.8. The number of sulfonamides is 1. The third-order valence-electron chi connectivity index (χ3n) is 3.87. The Balaban J connectivity index is 2.00. The van der Waals surface area contributed by atoms with Gasteiger partial charge in [0.2, 0.25) is 10.0 Å². The molecule has 2 amide bonds. The summed E-state index contributed by atoms with van der Waals surface area (Å²) in [6.07, 6.45) is 1.66. The molecule has 0 unspecified atom stereocenters. The molecule has 0 bridgehead atoms. The van der Waals surface area contributed by atoms with Gasteiger partial charge < -0.3 is 9.47 Å². The molecule has 148 valence electrons. The van der Waals surface area contributed by atoms with Gasteiger partial charge in [0.05, 0.1) is 17.1 Å². The fraction of sp³-hybridized carbons (Fsp3) is 0.471. The summed E-state index contributed by atoms with van der Waals surface area (Å²) in [4.78, 5) is 34.7. The highest BCUT2D eigenvalue weighted by Crippen LogP contribution is 2.21. The molecule has 0 aliphatic carbocycles. The van der Waals surface area contributed by atoms with Crippen LogP contribution in [-0.2, 0) is 24.3 Å². The van der Waals surface area contributed by atoms with Crippen molar-refractivity contribution in [3.05, 3.63) is 29.8 Å². The predicted molar refractivity (Wildman–Crippen MR) is 94.5 cm³/mol. The molecule has 1 aliphatic rings. The number of ether oxygens (including phenoxy) is 2. The van der Waals surface area contributed by atoms with Crippen LogP contribution in [0.15, 0.2) is 29.2 Å². The molecule has 1 N–H and O–H groups in total. The van der Waals surface area contributed by atoms with Gasteiger partial charge in [-0.05, 0) is 38.0 Å². The Morgan fingerprint density at radius 3 is 2.48 bits per heavy atom. The summed E-state index contributed by atoms with van der Waals surface area (Å²) in [5.74, 6) is -1.72. The minimum atomic E-state index is -3.69. The van der Waals surface area contributed by atoms with E-state index in [1.807, 2.05) is 5.32 Å². The summed E-state index contributed by atoms with van der Waals surface area (Å²) in [5.41, 5.74) is -0.00276. The van der Waals surface area contributed by atoms with E-state index in [0.717, 1.165) is 19.3 Å². The fourth-order valence-corrected chi connectivity index (χ4v) is 4.13. The molecule has 2 rings (SSSR count). The van der Waals surface area contributed by atoms with Crippen molar-refractivity contribution in [2.75, 3.05) is 26.3 Å². The van der Waals surface area contributed by atoms with Crippen LogP contribution in [0.4, 0.5) is 4.79 Å². The Hall–Kier alpha value is -2.46. The van der Waals surface area contributed by atoms with Gasteiger partial charge in [-0.1, -0.05) is 12.5 Å². The van der Waals surface area contributed by atoms with Gasteiger partial charge in [0.25, 0.3) is 5.91 Å². The molecule has 0 saturated carbocycles. The first kappa shape index (κ1) is 20.8. The minimum Gasteiger partial charge on any atom is -0.452 e. The number of carbonyl (C=O) groups excluding carboxylic acids is 3. The number of hydrogen-bond acceptors (Lipinski definition) is 7. The Labute approximate surface area is 157 Å². The molecule has 1 aromatic carbocycles. The summed E-state index contributed by atoms with van der Waals surface area (Å²) in [5, 5.41) is 1.89. The van der Waals surface area contributed by atoms with E-state index in [-0.39, 0.29) is 17.1 Å². The topological polar surface area (TPSA) is 119 Å². The summed E-state index contributed by atoms with van der Waals surface area (Å²) in [6, 6.07) is 5.45. The smallest absolute Gasteiger partial charge is 0.413 e. The molecule has 1 aliphatic heterocycles. The molecule has 1 heterocycles. The normalized spacial score (nSPS) is 15.0. The average Bonchev–Trinajstić information content (AvgIpc) is 2.67. The Bertz CT molecular complexity index is 801. The lowest BCUT2D eigenvalue weighted by Gasteiger charge is -2.25. The highest BCUT2D eigenvalue weighted by Gasteiger charge is 2.26. The first-order valence-corrected chi connectivity index (χ1v) is 10.0. The molecule has 0 radical (unpaired) electrons. The van der Waals surface area contributed by atoms with Gasteiger partial charge >= 0.3 is 12.1 Å². The van der Waals surface area contributed by atoms with Crippen LogP contribution < -0.4 is 5.32 Å². The molecule has 1 fully saturated rings. The second-order valence-electron chi connectivity index (χ2n) is 5.84. The lowest BCUT2D eigenvalue weighted by atomic mass is 10.2. The van der Waals surface area contributed by atoms with Crippen molar-refractivity contribution in [2.45, 2.75) is 31.1 Å². The van der Waals surface area contributed by atoms with E-state index in [9.17, 15) is 22.8 Å². The van der Waals surface area contributed by atoms with E-state index in [4.69, 9.17) is 4.74 Å². The van der Waals surface area contributed by atoms with Crippen LogP contribution >= 0.6 is 0 Å². The number of alkyl carbamates (subject to hydrolysis) is 1. The van der Waals surface area contributed by atoms with Crippen LogP contribution in [0.3, 0.4) is 0 Å². The molecule has 0 atom stereocenters. The van der Waals surface area contributed by atoms with Crippen molar-refractivity contribution in [3.8, 4) is 0 Å². The lowest BCUT2D eigenvalue weighted by molar-refractivity contribution is -0.123. The van der Waals surface area contributed by atoms with E-state index < -0.39 is 34.6 Å². The maximum Gasteiger partial charge on any atom is 0.413 e. The van der Waals surface area contributed by atoms with E-state index in [1.165, 1.54) is 28.6 Å². The van der Waals surface area contributed by atoms with Gasteiger partial charge in [0.1, 0.15) is 0 Å². The summed E-state index contributed by atoms with van der Waals surface area (Å²) in [6.45, 7) is 1.88. The van der Waals surface area contributed by atoms with Crippen LogP contribution in [0.1, 0.15) is 36.5 Å². The molecule has 10 heteroatoms. The molecule has 0 aromatic heterocycles. The second kappa shape index (κ2) is 9.47. The zero-order valence-electron chi connectivity index (χ0n) is 15.0. The Morgan fingerprint density at radius 1 is 1.11 bits per heavy atom. The van der Waals surface area contributed by atoms with Crippen molar-refractivity contribution in [1.82, 2.24) is 9.62 Å². The van der Waals surface area contributed by atoms with Crippen LogP contribution in [-0.4, -0.2) is 57.0 Å². The zero-order chi connectivity index (χ0) is 19.9. The van der Waals surface area contributed by atoms with Gasteiger partial charge in [0, 0.05) is 13.1 Å². The molecule has 1 aromatic rings. The van der Waals surface area contributed by atoms with Gasteiger partial charge in [0.15, 0.2) is 6.61 Å². The highest BCUT2D eigenvalue weighted by molar-refractivity contribution is 7.89. The lowest BCUT2D eigenvalue weighted by Crippen LogP contribution is -2.35. The van der Waals surface area contributed by atoms with Crippen LogP contribution in [0.2, 0.25) is 0 Å². The van der Waals surface area contributed by atoms with Crippen molar-refractivity contribution >= 4 is 28.0 Å². The van der Waals surface area contributed by atoms with Crippen molar-refractivity contribution in [1.29, 1.82) is 0 Å². The van der Waals surface area contributed by atoms with Gasteiger partial charge in [-0.25, -0.2) is 18.0 Å². The summed E-state index contributed by atoms with van der Waals surface area (Å²) >= 11 is 0. The first-order chi connectivity index (χ1) is 12.8. The second-order valence-corrected chi connectivity index (χ2v) is 7.78. The standard InChI is InChI=1S/C17H22N2O7S/c1-2-25-17(22)18-15(20)12-26-16(21)13-7-6-8-14(11-13)27(23,24)19-9-4-3-5-10-19/h6-8,11H,2-5,9-10,12H2,1H3,(H,18,20,22). The van der Waals surface area contributed by atoms with E-state index in [1.54, 1.807) is 6.92 Å². The maximum atomic E-state index is 12.7. The number of amides is 2. The predicted octanol–water partition coefficient (Wildman–Crippen LogP) is 1.29. The van der Waals surface area contributed by atoms with Crippen molar-refractivity contribution < 1.29 is 32.3 Å². The van der Waals surface area contributed by atoms with Gasteiger partial charge in [-0.15, -0.1) is 0 Å². The van der Waals surface area contributed by atoms with Crippen LogP contribution in [0.25, 0.3) is 0 Å². The third kappa shape index (κ3) is 5.76. The van der Waals surface area contributed by atoms with Crippen LogP contribution in [0, 0.1) is 0 Å². The number of nitrogens with one attached hydrogen (secondary N) is 1. The molecule has 0 spiro atoms. The molecular weight excluding hydrogens is 376 g/mol. The summed E-state index contributed by atoms with van der Waals surface area (Å²) in [7, 11) is -3.69. The number of esters is 1. The largest absolute Gasteiger partial charge is 0.452 e. The number of piperidine rings is 1. The molecule has 1 saturated heterocycles. The molecule has 9 nitrogen and oxygen atoms in total. The van der Waals surface area contributed by atoms with Gasteiger partial charge in [-0.3, -0.25) is 10.1 Å². The van der Waals surface area contributed by atoms with Crippen LogP contribution in [0.5, 0.6) is 0 Å². The highest BCUT2D eigenvalue weighted by atomic mass is 32.2. The number of hydrogen-bond donors (Lipinski definition) is 1. The quantitative estimate of drug-likeness (QED) is 0.717. The number of rotatable bonds is 6. The first-order valence-electron chi connectivity index (χ1n) is 8.58. The van der Waals surface area contributed by atoms with E-state index >= 15 is 0 Å². The summed E-state index contributed by atoms with van der Waals surface area (Å²) < 4.78 is 36.1. The SMILES string of the molecule is CCOC(=O)NC(=O)COC(=O)c1cccc(S(=O)(=O)N2CCCCC2)c1.